The average Bonchev–Trinajstić information content (AvgIpc) is 2.58. The van der Waals surface area contributed by atoms with Gasteiger partial charge in [-0.05, 0) is 41.0 Å². The van der Waals surface area contributed by atoms with Crippen molar-refractivity contribution in [1.29, 1.82) is 0 Å². The lowest BCUT2D eigenvalue weighted by molar-refractivity contribution is 0.0697. The summed E-state index contributed by atoms with van der Waals surface area (Å²) in [5.74, 6) is -1.26. The van der Waals surface area contributed by atoms with Crippen LogP contribution in [-0.2, 0) is 0 Å². The van der Waals surface area contributed by atoms with Gasteiger partial charge in [0.05, 0.1) is 5.56 Å². The second-order valence-corrected chi connectivity index (χ2v) is 4.98. The molecule has 0 saturated carbocycles. The Morgan fingerprint density at radius 3 is 2.30 bits per heavy atom. The second kappa shape index (κ2) is 7.05. The molecule has 0 aliphatic heterocycles. The smallest absolute Gasteiger partial charge is 0.335 e. The number of carboxylic acids is 1. The van der Waals surface area contributed by atoms with Gasteiger partial charge in [-0.25, -0.2) is 9.18 Å². The third kappa shape index (κ3) is 3.24. The molecule has 0 radical (unpaired) electrons. The number of carbonyl (C=O) groups is 1. The summed E-state index contributed by atoms with van der Waals surface area (Å²) in [5, 5.41) is 10.8. The summed E-state index contributed by atoms with van der Waals surface area (Å²) in [5.41, 5.74) is 1.96. The highest BCUT2D eigenvalue weighted by Crippen LogP contribution is 2.32. The van der Waals surface area contributed by atoms with E-state index in [4.69, 9.17) is 5.11 Å². The molecule has 0 bridgehead atoms. The topological polar surface area (TPSA) is 37.3 Å². The van der Waals surface area contributed by atoms with E-state index < -0.39 is 5.97 Å². The zero-order valence-electron chi connectivity index (χ0n) is 13.4. The summed E-state index contributed by atoms with van der Waals surface area (Å²) in [6, 6.07) is 15.7. The number of halogens is 1. The summed E-state index contributed by atoms with van der Waals surface area (Å²) < 4.78 is 14.4. The normalized spacial score (nSPS) is 10.1. The van der Waals surface area contributed by atoms with Crippen LogP contribution >= 0.6 is 0 Å². The molecule has 1 N–H and O–H groups in total. The van der Waals surface area contributed by atoms with Gasteiger partial charge in [-0.2, -0.15) is 0 Å². The SMILES string of the molecule is CC.Cc1cccc(-c2cccc3ccc(C(=O)O)cc23)c1F. The molecule has 0 amide bonds. The lowest BCUT2D eigenvalue weighted by Gasteiger charge is -2.10. The van der Waals surface area contributed by atoms with Gasteiger partial charge in [0.25, 0.3) is 0 Å². The first-order chi connectivity index (χ1) is 11.1. The Labute approximate surface area is 135 Å². The molecule has 0 heterocycles. The van der Waals surface area contributed by atoms with Crippen molar-refractivity contribution >= 4 is 16.7 Å². The first kappa shape index (κ1) is 16.7. The first-order valence-electron chi connectivity index (χ1n) is 7.59. The highest BCUT2D eigenvalue weighted by atomic mass is 19.1. The maximum absolute atomic E-state index is 14.4. The Morgan fingerprint density at radius 2 is 1.61 bits per heavy atom. The number of aryl methyl sites for hydroxylation is 1. The van der Waals surface area contributed by atoms with Crippen LogP contribution in [0.5, 0.6) is 0 Å². The van der Waals surface area contributed by atoms with Crippen LogP contribution in [0.1, 0.15) is 29.8 Å². The predicted molar refractivity (Wildman–Crippen MR) is 92.4 cm³/mol. The van der Waals surface area contributed by atoms with Crippen LogP contribution in [-0.4, -0.2) is 11.1 Å². The van der Waals surface area contributed by atoms with E-state index in [0.29, 0.717) is 16.7 Å². The van der Waals surface area contributed by atoms with Crippen molar-refractivity contribution in [3.8, 4) is 11.1 Å². The zero-order valence-corrected chi connectivity index (χ0v) is 13.4. The van der Waals surface area contributed by atoms with E-state index in [-0.39, 0.29) is 11.4 Å². The largest absolute Gasteiger partial charge is 0.478 e. The van der Waals surface area contributed by atoms with Crippen molar-refractivity contribution < 1.29 is 14.3 Å². The molecule has 0 aliphatic carbocycles. The molecular formula is C20H19FO2. The van der Waals surface area contributed by atoms with Gasteiger partial charge in [-0.15, -0.1) is 0 Å². The maximum Gasteiger partial charge on any atom is 0.335 e. The number of hydrogen-bond donors (Lipinski definition) is 1. The minimum atomic E-state index is -0.989. The summed E-state index contributed by atoms with van der Waals surface area (Å²) in [4.78, 5) is 11.1. The Balaban J connectivity index is 0.000000924. The first-order valence-corrected chi connectivity index (χ1v) is 7.59. The maximum atomic E-state index is 14.4. The van der Waals surface area contributed by atoms with Gasteiger partial charge >= 0.3 is 5.97 Å². The van der Waals surface area contributed by atoms with E-state index in [1.54, 1.807) is 43.3 Å². The molecule has 3 heteroatoms. The molecular weight excluding hydrogens is 291 g/mol. The molecule has 0 fully saturated rings. The van der Waals surface area contributed by atoms with Gasteiger partial charge < -0.3 is 5.11 Å². The number of fused-ring (bicyclic) bond motifs is 1. The highest BCUT2D eigenvalue weighted by Gasteiger charge is 2.12. The van der Waals surface area contributed by atoms with E-state index in [9.17, 15) is 9.18 Å². The minimum absolute atomic E-state index is 0.197. The van der Waals surface area contributed by atoms with Crippen molar-refractivity contribution in [3.05, 3.63) is 71.5 Å². The number of benzene rings is 3. The van der Waals surface area contributed by atoms with Gasteiger partial charge in [0.2, 0.25) is 0 Å². The lowest BCUT2D eigenvalue weighted by Crippen LogP contribution is -1.96. The highest BCUT2D eigenvalue weighted by molar-refractivity contribution is 6.01. The Bertz CT molecular complexity index is 853. The third-order valence-corrected chi connectivity index (χ3v) is 3.61. The minimum Gasteiger partial charge on any atom is -0.478 e. The molecule has 118 valence electrons. The molecule has 0 spiro atoms. The van der Waals surface area contributed by atoms with Crippen molar-refractivity contribution in [3.63, 3.8) is 0 Å². The number of hydrogen-bond acceptors (Lipinski definition) is 1. The van der Waals surface area contributed by atoms with E-state index >= 15 is 0 Å². The van der Waals surface area contributed by atoms with Crippen molar-refractivity contribution in [2.24, 2.45) is 0 Å². The average molecular weight is 310 g/mol. The summed E-state index contributed by atoms with van der Waals surface area (Å²) in [6.45, 7) is 5.71. The molecule has 0 atom stereocenters. The van der Waals surface area contributed by atoms with Gasteiger partial charge in [-0.1, -0.05) is 56.3 Å². The molecule has 0 unspecified atom stereocenters. The van der Waals surface area contributed by atoms with Crippen LogP contribution in [0.25, 0.3) is 21.9 Å². The van der Waals surface area contributed by atoms with Gasteiger partial charge in [0.1, 0.15) is 5.82 Å². The third-order valence-electron chi connectivity index (χ3n) is 3.61. The molecule has 23 heavy (non-hydrogen) atoms. The number of rotatable bonds is 2. The molecule has 2 nitrogen and oxygen atoms in total. The van der Waals surface area contributed by atoms with E-state index in [2.05, 4.69) is 0 Å². The van der Waals surface area contributed by atoms with Crippen LogP contribution in [0.4, 0.5) is 4.39 Å². The van der Waals surface area contributed by atoms with E-state index in [0.717, 1.165) is 10.8 Å². The molecule has 0 aromatic heterocycles. The quantitative estimate of drug-likeness (QED) is 0.661. The molecule has 0 aliphatic rings. The molecule has 3 aromatic rings. The molecule has 0 saturated heterocycles. The fraction of sp³-hybridized carbons (Fsp3) is 0.150. The Hall–Kier alpha value is -2.68. The zero-order chi connectivity index (χ0) is 17.0. The van der Waals surface area contributed by atoms with Gasteiger partial charge in [-0.3, -0.25) is 0 Å². The predicted octanol–water partition coefficient (Wildman–Crippen LogP) is 5.68. The van der Waals surface area contributed by atoms with Gasteiger partial charge in [0.15, 0.2) is 0 Å². The van der Waals surface area contributed by atoms with Crippen LogP contribution in [0.2, 0.25) is 0 Å². The van der Waals surface area contributed by atoms with Crippen molar-refractivity contribution in [2.45, 2.75) is 20.8 Å². The van der Waals surface area contributed by atoms with Crippen LogP contribution in [0.15, 0.2) is 54.6 Å². The van der Waals surface area contributed by atoms with Gasteiger partial charge in [0, 0.05) is 5.56 Å². The van der Waals surface area contributed by atoms with E-state index in [1.165, 1.54) is 0 Å². The number of aromatic carboxylic acids is 1. The number of carboxylic acid groups (broad SMARTS) is 1. The van der Waals surface area contributed by atoms with Crippen LogP contribution in [0.3, 0.4) is 0 Å². The van der Waals surface area contributed by atoms with Crippen LogP contribution in [0, 0.1) is 12.7 Å². The van der Waals surface area contributed by atoms with Crippen molar-refractivity contribution in [2.75, 3.05) is 0 Å². The second-order valence-electron chi connectivity index (χ2n) is 4.98. The summed E-state index contributed by atoms with van der Waals surface area (Å²) >= 11 is 0. The Morgan fingerprint density at radius 1 is 0.957 bits per heavy atom. The van der Waals surface area contributed by atoms with Crippen LogP contribution < -0.4 is 0 Å². The molecule has 3 rings (SSSR count). The standard InChI is InChI=1S/C18H13FO2.C2H6/c1-11-4-2-7-15(17(11)19)14-6-3-5-12-8-9-13(18(20)21)10-16(12)14;1-2/h2-10H,1H3,(H,20,21);1-2H3. The fourth-order valence-corrected chi connectivity index (χ4v) is 2.50. The van der Waals surface area contributed by atoms with Crippen molar-refractivity contribution in [1.82, 2.24) is 0 Å². The fourth-order valence-electron chi connectivity index (χ4n) is 2.50. The van der Waals surface area contributed by atoms with E-state index in [1.807, 2.05) is 32.0 Å². The monoisotopic (exact) mass is 310 g/mol. The Kier molecular flexibility index (Phi) is 5.12. The molecule has 3 aromatic carbocycles. The lowest BCUT2D eigenvalue weighted by atomic mass is 9.95. The summed E-state index contributed by atoms with van der Waals surface area (Å²) in [6.07, 6.45) is 0. The summed E-state index contributed by atoms with van der Waals surface area (Å²) in [7, 11) is 0.